The molecular formula is C30H34N4O6S. The first-order chi connectivity index (χ1) is 19.7. The lowest BCUT2D eigenvalue weighted by atomic mass is 9.81. The summed E-state index contributed by atoms with van der Waals surface area (Å²) in [5, 5.41) is 12.7. The van der Waals surface area contributed by atoms with Crippen molar-refractivity contribution in [3.63, 3.8) is 0 Å². The molecule has 1 aliphatic heterocycles. The van der Waals surface area contributed by atoms with Gasteiger partial charge in [0.05, 0.1) is 19.3 Å². The summed E-state index contributed by atoms with van der Waals surface area (Å²) in [4.78, 5) is 37.5. The Kier molecular flexibility index (Phi) is 8.27. The number of hydrogen-bond donors (Lipinski definition) is 3. The largest absolute Gasteiger partial charge is 0.497 e. The summed E-state index contributed by atoms with van der Waals surface area (Å²) >= 11 is -1.69. The van der Waals surface area contributed by atoms with Crippen molar-refractivity contribution in [2.24, 2.45) is 0 Å². The van der Waals surface area contributed by atoms with Gasteiger partial charge >= 0.3 is 5.97 Å². The van der Waals surface area contributed by atoms with E-state index in [0.717, 1.165) is 53.4 Å². The van der Waals surface area contributed by atoms with Crippen LogP contribution >= 0.6 is 0 Å². The topological polar surface area (TPSA) is 130 Å². The number of ether oxygens (including phenoxy) is 1. The van der Waals surface area contributed by atoms with Crippen LogP contribution in [0.2, 0.25) is 0 Å². The van der Waals surface area contributed by atoms with Gasteiger partial charge in [-0.25, -0.2) is 8.51 Å². The molecule has 0 spiro atoms. The SMILES string of the molecule is COc1ccc2c(c1)C=C(C(=O)NCC(=O)O)Cn1c-2c(C2CCCCC2)c2ccc(C(=O)NS(=O)N(C)C)cc21. The van der Waals surface area contributed by atoms with E-state index in [-0.39, 0.29) is 6.54 Å². The van der Waals surface area contributed by atoms with Crippen molar-refractivity contribution in [1.82, 2.24) is 18.9 Å². The second-order valence-corrected chi connectivity index (χ2v) is 12.0. The molecule has 5 rings (SSSR count). The number of hydrogen-bond acceptors (Lipinski definition) is 5. The van der Waals surface area contributed by atoms with Gasteiger partial charge in [-0.1, -0.05) is 25.3 Å². The molecule has 1 atom stereocenters. The maximum atomic E-state index is 13.2. The third-order valence-corrected chi connectivity index (χ3v) is 8.78. The van der Waals surface area contributed by atoms with Crippen LogP contribution < -0.4 is 14.8 Å². The third-order valence-electron chi connectivity index (χ3n) is 7.75. The zero-order chi connectivity index (χ0) is 29.3. The number of rotatable bonds is 8. The summed E-state index contributed by atoms with van der Waals surface area (Å²) < 4.78 is 23.8. The minimum atomic E-state index is -1.69. The van der Waals surface area contributed by atoms with Gasteiger partial charge in [0.2, 0.25) is 5.91 Å². The Hall–Kier alpha value is -3.96. The van der Waals surface area contributed by atoms with Crippen molar-refractivity contribution in [2.75, 3.05) is 27.7 Å². The molecule has 2 aromatic carbocycles. The molecule has 41 heavy (non-hydrogen) atoms. The molecule has 2 heterocycles. The van der Waals surface area contributed by atoms with Gasteiger partial charge in [-0.15, -0.1) is 0 Å². The van der Waals surface area contributed by atoms with E-state index < -0.39 is 35.5 Å². The van der Waals surface area contributed by atoms with Gasteiger partial charge in [0, 0.05) is 41.7 Å². The third kappa shape index (κ3) is 5.77. The number of aliphatic carboxylic acids is 1. The minimum Gasteiger partial charge on any atom is -0.497 e. The van der Waals surface area contributed by atoms with Crippen LogP contribution in [0.1, 0.15) is 59.5 Å². The first kappa shape index (κ1) is 28.6. The normalized spacial score (nSPS) is 15.9. The zero-order valence-corrected chi connectivity index (χ0v) is 24.2. The number of amides is 2. The average Bonchev–Trinajstić information content (AvgIpc) is 3.18. The van der Waals surface area contributed by atoms with Crippen LogP contribution in [0.3, 0.4) is 0 Å². The summed E-state index contributed by atoms with van der Waals surface area (Å²) in [6.45, 7) is -0.323. The summed E-state index contributed by atoms with van der Waals surface area (Å²) in [6.07, 6.45) is 7.33. The number of nitrogens with zero attached hydrogens (tertiary/aromatic N) is 2. The molecule has 2 aliphatic rings. The Balaban J connectivity index is 1.73. The maximum absolute atomic E-state index is 13.2. The number of methoxy groups -OCH3 is 1. The van der Waals surface area contributed by atoms with E-state index >= 15 is 0 Å². The molecule has 0 bridgehead atoms. The van der Waals surface area contributed by atoms with Gasteiger partial charge in [-0.3, -0.25) is 19.1 Å². The Labute approximate surface area is 241 Å². The number of nitrogens with one attached hydrogen (secondary N) is 2. The molecule has 1 aliphatic carbocycles. The fraction of sp³-hybridized carbons (Fsp3) is 0.367. The van der Waals surface area contributed by atoms with Gasteiger partial charge in [-0.05, 0) is 66.3 Å². The molecule has 11 heteroatoms. The highest BCUT2D eigenvalue weighted by atomic mass is 32.2. The molecule has 216 valence electrons. The van der Waals surface area contributed by atoms with E-state index in [1.807, 2.05) is 24.3 Å². The second-order valence-electron chi connectivity index (χ2n) is 10.6. The van der Waals surface area contributed by atoms with Gasteiger partial charge < -0.3 is 19.7 Å². The van der Waals surface area contributed by atoms with E-state index in [1.54, 1.807) is 39.4 Å². The molecule has 10 nitrogen and oxygen atoms in total. The van der Waals surface area contributed by atoms with E-state index in [2.05, 4.69) is 14.6 Å². The smallest absolute Gasteiger partial charge is 0.322 e. The molecule has 2 amide bonds. The minimum absolute atomic E-state index is 0.176. The van der Waals surface area contributed by atoms with Crippen LogP contribution in [-0.4, -0.2) is 63.7 Å². The van der Waals surface area contributed by atoms with Crippen molar-refractivity contribution in [2.45, 2.75) is 44.6 Å². The van der Waals surface area contributed by atoms with E-state index in [4.69, 9.17) is 9.84 Å². The monoisotopic (exact) mass is 578 g/mol. The Morgan fingerprint density at radius 2 is 1.83 bits per heavy atom. The van der Waals surface area contributed by atoms with Gasteiger partial charge in [0.25, 0.3) is 5.91 Å². The number of carbonyl (C=O) groups excluding carboxylic acids is 2. The zero-order valence-electron chi connectivity index (χ0n) is 23.4. The second kappa shape index (κ2) is 11.9. The molecule has 1 aromatic heterocycles. The van der Waals surface area contributed by atoms with Crippen molar-refractivity contribution in [1.29, 1.82) is 0 Å². The van der Waals surface area contributed by atoms with Crippen molar-refractivity contribution < 1.29 is 28.4 Å². The molecule has 1 unspecified atom stereocenters. The quantitative estimate of drug-likeness (QED) is 0.373. The van der Waals surface area contributed by atoms with Crippen LogP contribution in [-0.2, 0) is 27.3 Å². The van der Waals surface area contributed by atoms with Crippen LogP contribution in [0, 0.1) is 0 Å². The Bertz CT molecular complexity index is 1590. The summed E-state index contributed by atoms with van der Waals surface area (Å²) in [6, 6.07) is 11.3. The van der Waals surface area contributed by atoms with E-state index in [9.17, 15) is 18.6 Å². The van der Waals surface area contributed by atoms with Crippen LogP contribution in [0.4, 0.5) is 0 Å². The predicted molar refractivity (Wildman–Crippen MR) is 158 cm³/mol. The van der Waals surface area contributed by atoms with Crippen LogP contribution in [0.15, 0.2) is 42.0 Å². The molecule has 0 radical (unpaired) electrons. The van der Waals surface area contributed by atoms with Gasteiger partial charge in [-0.2, -0.15) is 0 Å². The fourth-order valence-corrected chi connectivity index (χ4v) is 6.28. The number of aromatic nitrogens is 1. The highest BCUT2D eigenvalue weighted by Gasteiger charge is 2.30. The number of carboxylic acid groups (broad SMARTS) is 1. The van der Waals surface area contributed by atoms with Crippen molar-refractivity contribution in [3.8, 4) is 17.0 Å². The molecule has 3 aromatic rings. The molecule has 1 saturated carbocycles. The number of carboxylic acids is 1. The number of benzene rings is 2. The highest BCUT2D eigenvalue weighted by Crippen LogP contribution is 2.47. The molecule has 1 fully saturated rings. The Morgan fingerprint density at radius 3 is 2.51 bits per heavy atom. The first-order valence-electron chi connectivity index (χ1n) is 13.6. The van der Waals surface area contributed by atoms with Crippen molar-refractivity contribution >= 4 is 45.9 Å². The summed E-state index contributed by atoms with van der Waals surface area (Å²) in [5.74, 6) is -1.14. The molecular weight excluding hydrogens is 544 g/mol. The van der Waals surface area contributed by atoms with Gasteiger partial charge in [0.1, 0.15) is 12.3 Å². The summed E-state index contributed by atoms with van der Waals surface area (Å²) in [5.41, 5.74) is 5.42. The predicted octanol–water partition coefficient (Wildman–Crippen LogP) is 3.83. The number of fused-ring (bicyclic) bond motifs is 5. The average molecular weight is 579 g/mol. The first-order valence-corrected chi connectivity index (χ1v) is 14.7. The van der Waals surface area contributed by atoms with E-state index in [1.165, 1.54) is 16.3 Å². The summed E-state index contributed by atoms with van der Waals surface area (Å²) in [7, 11) is 4.81. The van der Waals surface area contributed by atoms with Crippen LogP contribution in [0.5, 0.6) is 5.75 Å². The van der Waals surface area contributed by atoms with Crippen molar-refractivity contribution in [3.05, 3.63) is 58.7 Å². The molecule has 0 saturated heterocycles. The maximum Gasteiger partial charge on any atom is 0.322 e. The standard InChI is InChI=1S/C30H34N4O6S/c1-33(2)41(39)32-30(38)19-9-11-24-25(15-19)34-17-21(29(37)31-16-26(35)36)13-20-14-22(40-3)10-12-23(20)28(34)27(24)18-7-5-4-6-8-18/h9-15,18H,4-8,16-17H2,1-3H3,(H,31,37)(H,32,38)(H,35,36). The lowest BCUT2D eigenvalue weighted by Crippen LogP contribution is -2.34. The lowest BCUT2D eigenvalue weighted by Gasteiger charge is -2.24. The number of carbonyl (C=O) groups is 3. The molecule has 3 N–H and O–H groups in total. The fourth-order valence-electron chi connectivity index (χ4n) is 5.82. The highest BCUT2D eigenvalue weighted by molar-refractivity contribution is 7.81. The van der Waals surface area contributed by atoms with Gasteiger partial charge in [0.15, 0.2) is 11.2 Å². The Morgan fingerprint density at radius 1 is 1.07 bits per heavy atom. The van der Waals surface area contributed by atoms with Crippen LogP contribution in [0.25, 0.3) is 28.2 Å². The van der Waals surface area contributed by atoms with E-state index in [0.29, 0.717) is 22.8 Å². The lowest BCUT2D eigenvalue weighted by molar-refractivity contribution is -0.137.